The summed E-state index contributed by atoms with van der Waals surface area (Å²) < 4.78 is 0. The number of carbonyl (C=O) groups is 1. The first-order valence-corrected chi connectivity index (χ1v) is 13.9. The highest BCUT2D eigenvalue weighted by Crippen LogP contribution is 2.30. The molecule has 0 radical (unpaired) electrons. The van der Waals surface area contributed by atoms with Gasteiger partial charge in [0.15, 0.2) is 0 Å². The molecule has 3 atom stereocenters. The van der Waals surface area contributed by atoms with Crippen molar-refractivity contribution in [2.75, 3.05) is 19.6 Å². The van der Waals surface area contributed by atoms with Crippen LogP contribution in [0.1, 0.15) is 87.4 Å². The Balaban J connectivity index is 1.42. The summed E-state index contributed by atoms with van der Waals surface area (Å²) in [6.07, 6.45) is 16.3. The number of carbonyl (C=O) groups excluding carboxylic acids is 1. The summed E-state index contributed by atoms with van der Waals surface area (Å²) in [5.74, 6) is 2.13. The van der Waals surface area contributed by atoms with Gasteiger partial charge in [0.1, 0.15) is 0 Å². The largest absolute Gasteiger partial charge is 0.352 e. The average Bonchev–Trinajstić information content (AvgIpc) is 3.12. The van der Waals surface area contributed by atoms with Crippen molar-refractivity contribution in [1.29, 1.82) is 0 Å². The van der Waals surface area contributed by atoms with Crippen molar-refractivity contribution in [3.63, 3.8) is 0 Å². The van der Waals surface area contributed by atoms with E-state index >= 15 is 0 Å². The van der Waals surface area contributed by atoms with E-state index in [1.165, 1.54) is 83.6 Å². The zero-order valence-electron chi connectivity index (χ0n) is 20.9. The number of benzene rings is 2. The van der Waals surface area contributed by atoms with Gasteiger partial charge in [-0.15, -0.1) is 0 Å². The van der Waals surface area contributed by atoms with Gasteiger partial charge in [0, 0.05) is 12.1 Å². The summed E-state index contributed by atoms with van der Waals surface area (Å²) in [7, 11) is 0. The van der Waals surface area contributed by atoms with Gasteiger partial charge in [-0.3, -0.25) is 4.79 Å². The minimum Gasteiger partial charge on any atom is -0.352 e. The molecule has 0 spiro atoms. The summed E-state index contributed by atoms with van der Waals surface area (Å²) in [6, 6.07) is 18.3. The Kier molecular flexibility index (Phi) is 10.1. The van der Waals surface area contributed by atoms with Crippen LogP contribution in [0.2, 0.25) is 0 Å². The predicted molar refractivity (Wildman–Crippen MR) is 143 cm³/mol. The van der Waals surface area contributed by atoms with E-state index in [0.29, 0.717) is 11.8 Å². The molecule has 3 heteroatoms. The Morgan fingerprint density at radius 1 is 0.735 bits per heavy atom. The van der Waals surface area contributed by atoms with Crippen molar-refractivity contribution in [3.05, 3.63) is 60.2 Å². The van der Waals surface area contributed by atoms with E-state index in [1.54, 1.807) is 0 Å². The fraction of sp³-hybridized carbons (Fsp3) is 0.581. The SMILES string of the molecule is O=C(NCC1CCCCCCCCCCC2CCC1CNC2)c1ccccc1-c1ccccc1. The van der Waals surface area contributed by atoms with Crippen LogP contribution in [0, 0.1) is 17.8 Å². The molecule has 2 fully saturated rings. The van der Waals surface area contributed by atoms with E-state index in [1.807, 2.05) is 36.4 Å². The van der Waals surface area contributed by atoms with Crippen molar-refractivity contribution in [2.45, 2.75) is 77.0 Å². The third kappa shape index (κ3) is 7.43. The second-order valence-corrected chi connectivity index (χ2v) is 10.6. The molecule has 2 aliphatic rings. The molecular weight excluding hydrogens is 416 g/mol. The fourth-order valence-electron chi connectivity index (χ4n) is 6.05. The molecule has 4 rings (SSSR count). The summed E-state index contributed by atoms with van der Waals surface area (Å²) in [5, 5.41) is 7.16. The number of nitrogens with one attached hydrogen (secondary N) is 2. The van der Waals surface area contributed by atoms with E-state index in [-0.39, 0.29) is 5.91 Å². The van der Waals surface area contributed by atoms with Crippen LogP contribution in [-0.4, -0.2) is 25.5 Å². The Morgan fingerprint density at radius 3 is 2.21 bits per heavy atom. The molecule has 2 aromatic carbocycles. The highest BCUT2D eigenvalue weighted by molar-refractivity contribution is 6.00. The molecule has 1 aliphatic heterocycles. The van der Waals surface area contributed by atoms with Gasteiger partial charge in [-0.1, -0.05) is 99.9 Å². The van der Waals surface area contributed by atoms with Gasteiger partial charge in [-0.25, -0.2) is 0 Å². The van der Waals surface area contributed by atoms with Crippen LogP contribution in [0.3, 0.4) is 0 Å². The van der Waals surface area contributed by atoms with Crippen LogP contribution >= 0.6 is 0 Å². The van der Waals surface area contributed by atoms with Crippen LogP contribution in [0.25, 0.3) is 11.1 Å². The summed E-state index contributed by atoms with van der Waals surface area (Å²) in [5.41, 5.74) is 2.90. The van der Waals surface area contributed by atoms with E-state index in [0.717, 1.165) is 35.7 Å². The third-order valence-electron chi connectivity index (χ3n) is 8.17. The monoisotopic (exact) mass is 460 g/mol. The average molecular weight is 461 g/mol. The minimum atomic E-state index is 0.0646. The normalized spacial score (nSPS) is 25.0. The van der Waals surface area contributed by atoms with Crippen LogP contribution in [0.5, 0.6) is 0 Å². The summed E-state index contributed by atoms with van der Waals surface area (Å²) in [6.45, 7) is 3.08. The Morgan fingerprint density at radius 2 is 1.41 bits per heavy atom. The molecule has 2 aromatic rings. The first-order valence-electron chi connectivity index (χ1n) is 13.9. The van der Waals surface area contributed by atoms with Crippen LogP contribution in [0.15, 0.2) is 54.6 Å². The molecular formula is C31H44N2O. The molecule has 1 saturated carbocycles. The van der Waals surface area contributed by atoms with Gasteiger partial charge >= 0.3 is 0 Å². The van der Waals surface area contributed by atoms with Crippen molar-refractivity contribution in [2.24, 2.45) is 17.8 Å². The lowest BCUT2D eigenvalue weighted by molar-refractivity contribution is 0.0939. The lowest BCUT2D eigenvalue weighted by Crippen LogP contribution is -2.36. The highest BCUT2D eigenvalue weighted by Gasteiger charge is 2.26. The smallest absolute Gasteiger partial charge is 0.251 e. The van der Waals surface area contributed by atoms with Crippen molar-refractivity contribution in [1.82, 2.24) is 10.6 Å². The summed E-state index contributed by atoms with van der Waals surface area (Å²) in [4.78, 5) is 13.3. The second kappa shape index (κ2) is 13.7. The van der Waals surface area contributed by atoms with E-state index < -0.39 is 0 Å². The topological polar surface area (TPSA) is 41.1 Å². The number of hydrogen-bond acceptors (Lipinski definition) is 2. The maximum absolute atomic E-state index is 13.3. The van der Waals surface area contributed by atoms with Gasteiger partial charge < -0.3 is 10.6 Å². The molecule has 3 nitrogen and oxygen atoms in total. The Bertz CT molecular complexity index is 865. The first-order chi connectivity index (χ1) is 16.8. The van der Waals surface area contributed by atoms with Gasteiger partial charge in [0.2, 0.25) is 0 Å². The van der Waals surface area contributed by atoms with Crippen LogP contribution in [0.4, 0.5) is 0 Å². The van der Waals surface area contributed by atoms with Crippen molar-refractivity contribution < 1.29 is 4.79 Å². The van der Waals surface area contributed by atoms with Crippen LogP contribution in [-0.2, 0) is 0 Å². The van der Waals surface area contributed by atoms with Gasteiger partial charge in [0.05, 0.1) is 0 Å². The van der Waals surface area contributed by atoms with Gasteiger partial charge in [-0.05, 0) is 73.7 Å². The molecule has 0 aromatic heterocycles. The lowest BCUT2D eigenvalue weighted by atomic mass is 9.83. The maximum atomic E-state index is 13.3. The van der Waals surface area contributed by atoms with Crippen molar-refractivity contribution >= 4 is 5.91 Å². The molecule has 1 aliphatic carbocycles. The van der Waals surface area contributed by atoms with E-state index in [4.69, 9.17) is 0 Å². The molecule has 2 N–H and O–H groups in total. The minimum absolute atomic E-state index is 0.0646. The van der Waals surface area contributed by atoms with Crippen LogP contribution < -0.4 is 10.6 Å². The van der Waals surface area contributed by atoms with Gasteiger partial charge in [0.25, 0.3) is 5.91 Å². The van der Waals surface area contributed by atoms with E-state index in [2.05, 4.69) is 28.8 Å². The molecule has 1 amide bonds. The second-order valence-electron chi connectivity index (χ2n) is 10.6. The molecule has 3 unspecified atom stereocenters. The molecule has 184 valence electrons. The molecule has 34 heavy (non-hydrogen) atoms. The maximum Gasteiger partial charge on any atom is 0.251 e. The quantitative estimate of drug-likeness (QED) is 0.505. The zero-order chi connectivity index (χ0) is 23.4. The number of fused-ring (bicyclic) bond motifs is 3. The standard InChI is InChI=1S/C31H44N2O/c34-31(30-19-13-12-18-29(30)26-15-10-7-11-16-26)33-24-27-17-9-6-4-2-1-3-5-8-14-25-20-21-28(27)23-32-22-25/h7,10-13,15-16,18-19,25,27-28,32H,1-6,8-9,14,17,20-24H2,(H,33,34). The Labute approximate surface area is 207 Å². The number of hydrogen-bond donors (Lipinski definition) is 2. The highest BCUT2D eigenvalue weighted by atomic mass is 16.1. The predicted octanol–water partition coefficient (Wildman–Crippen LogP) is 7.23. The number of amides is 1. The number of rotatable bonds is 4. The first kappa shape index (κ1) is 25.0. The lowest BCUT2D eigenvalue weighted by Gasteiger charge is -2.27. The molecule has 1 heterocycles. The fourth-order valence-corrected chi connectivity index (χ4v) is 6.05. The van der Waals surface area contributed by atoms with Gasteiger partial charge in [-0.2, -0.15) is 0 Å². The third-order valence-corrected chi connectivity index (χ3v) is 8.17. The molecule has 1 saturated heterocycles. The Hall–Kier alpha value is -2.13. The van der Waals surface area contributed by atoms with E-state index in [9.17, 15) is 4.79 Å². The zero-order valence-corrected chi connectivity index (χ0v) is 20.9. The summed E-state index contributed by atoms with van der Waals surface area (Å²) >= 11 is 0. The molecule has 2 bridgehead atoms. The van der Waals surface area contributed by atoms with Crippen molar-refractivity contribution in [3.8, 4) is 11.1 Å².